The first kappa shape index (κ1) is 8.88. The molecule has 0 heterocycles. The van der Waals surface area contributed by atoms with Gasteiger partial charge in [-0.1, -0.05) is 0 Å². The van der Waals surface area contributed by atoms with Crippen molar-refractivity contribution in [2.24, 2.45) is 0 Å². The van der Waals surface area contributed by atoms with E-state index < -0.39 is 0 Å². The van der Waals surface area contributed by atoms with E-state index in [0.717, 1.165) is 6.42 Å². The molecular formula is C8H8Pd. The molecular weight excluding hydrogens is 203 g/mol. The molecule has 0 aliphatic heterocycles. The molecule has 1 aromatic carbocycles. The second kappa shape index (κ2) is 4.73. The molecule has 0 bridgehead atoms. The molecule has 0 atom stereocenters. The van der Waals surface area contributed by atoms with Gasteiger partial charge in [-0.3, -0.25) is 0 Å². The molecule has 0 aromatic heterocycles. The summed E-state index contributed by atoms with van der Waals surface area (Å²) >= 11 is 0. The zero-order valence-electron chi connectivity index (χ0n) is 5.04. The molecule has 0 fully saturated rings. The largest absolute Gasteiger partial charge is 2.00 e. The van der Waals surface area contributed by atoms with E-state index in [1.807, 2.05) is 24.3 Å². The second-order valence-corrected chi connectivity index (χ2v) is 1.64. The maximum absolute atomic E-state index is 3.72. The Balaban J connectivity index is 0.000000640. The third kappa shape index (κ3) is 2.79. The van der Waals surface area contributed by atoms with Gasteiger partial charge >= 0.3 is 20.4 Å². The monoisotopic (exact) mass is 210 g/mol. The Labute approximate surface area is 69.9 Å². The van der Waals surface area contributed by atoms with Gasteiger partial charge in [-0.15, -0.1) is 0 Å². The van der Waals surface area contributed by atoms with Gasteiger partial charge in [0.15, 0.2) is 0 Å². The van der Waals surface area contributed by atoms with Crippen LogP contribution in [0.2, 0.25) is 0 Å². The molecule has 0 aliphatic carbocycles. The van der Waals surface area contributed by atoms with Crippen LogP contribution in [0.25, 0.3) is 0 Å². The van der Waals surface area contributed by atoms with Gasteiger partial charge in [0, 0.05) is 0 Å². The Morgan fingerprint density at radius 2 is 2.22 bits per heavy atom. The van der Waals surface area contributed by atoms with E-state index in [1.54, 1.807) is 0 Å². The zero-order chi connectivity index (χ0) is 5.82. The van der Waals surface area contributed by atoms with Crippen molar-refractivity contribution in [1.29, 1.82) is 0 Å². The molecule has 9 heavy (non-hydrogen) atoms. The average molecular weight is 211 g/mol. The van der Waals surface area contributed by atoms with Gasteiger partial charge < -0.3 is 6.92 Å². The molecule has 1 aromatic rings. The fourth-order valence-corrected chi connectivity index (χ4v) is 0.586. The molecule has 0 N–H and O–H groups in total. The van der Waals surface area contributed by atoms with Crippen molar-refractivity contribution in [2.75, 3.05) is 0 Å². The van der Waals surface area contributed by atoms with Gasteiger partial charge in [-0.2, -0.15) is 42.3 Å². The van der Waals surface area contributed by atoms with Crippen LogP contribution < -0.4 is 0 Å². The molecule has 0 nitrogen and oxygen atoms in total. The minimum Gasteiger partial charge on any atom is -0.341 e. The van der Waals surface area contributed by atoms with Gasteiger partial charge in [0.1, 0.15) is 0 Å². The van der Waals surface area contributed by atoms with Crippen LogP contribution in [0.1, 0.15) is 5.56 Å². The topological polar surface area (TPSA) is 0 Å². The normalized spacial score (nSPS) is 8.11. The van der Waals surface area contributed by atoms with E-state index in [0.29, 0.717) is 0 Å². The first-order valence-corrected chi connectivity index (χ1v) is 2.68. The van der Waals surface area contributed by atoms with Crippen LogP contribution in [0, 0.1) is 13.0 Å². The SMILES string of the molecule is [CH2-]Cc1[c-]cccc1.[Pd+2]. The quantitative estimate of drug-likeness (QED) is 0.490. The smallest absolute Gasteiger partial charge is 0.341 e. The standard InChI is InChI=1S/C8H8.Pd/c1-2-8-6-4-3-5-7-8;/h3-6H,1-2H2;/q-2;+2. The molecule has 0 saturated heterocycles. The van der Waals surface area contributed by atoms with Gasteiger partial charge in [0.25, 0.3) is 0 Å². The van der Waals surface area contributed by atoms with Crippen LogP contribution in [0.15, 0.2) is 24.3 Å². The molecule has 0 aliphatic rings. The summed E-state index contributed by atoms with van der Waals surface area (Å²) in [6, 6.07) is 10.9. The average Bonchev–Trinajstić information content (AvgIpc) is 1.90. The van der Waals surface area contributed by atoms with E-state index >= 15 is 0 Å². The summed E-state index contributed by atoms with van der Waals surface area (Å²) in [5.41, 5.74) is 1.17. The predicted molar refractivity (Wildman–Crippen MR) is 34.3 cm³/mol. The summed E-state index contributed by atoms with van der Waals surface area (Å²) < 4.78 is 0. The fraction of sp³-hybridized carbons (Fsp3) is 0.125. The minimum atomic E-state index is 0. The van der Waals surface area contributed by atoms with Gasteiger partial charge in [-0.25, -0.2) is 0 Å². The third-order valence-corrected chi connectivity index (χ3v) is 1.04. The molecule has 50 valence electrons. The Bertz CT molecular complexity index is 146. The van der Waals surface area contributed by atoms with Crippen LogP contribution in [0.5, 0.6) is 0 Å². The first-order chi connectivity index (χ1) is 3.93. The molecule has 0 amide bonds. The number of hydrogen-bond donors (Lipinski definition) is 0. The molecule has 0 saturated carbocycles. The summed E-state index contributed by atoms with van der Waals surface area (Å²) in [4.78, 5) is 0. The molecule has 0 radical (unpaired) electrons. The third-order valence-electron chi connectivity index (χ3n) is 1.04. The minimum absolute atomic E-state index is 0. The molecule has 0 spiro atoms. The van der Waals surface area contributed by atoms with Crippen molar-refractivity contribution < 1.29 is 20.4 Å². The van der Waals surface area contributed by atoms with Crippen LogP contribution in [-0.2, 0) is 26.8 Å². The summed E-state index contributed by atoms with van der Waals surface area (Å²) in [5, 5.41) is 0. The summed E-state index contributed by atoms with van der Waals surface area (Å²) in [5.74, 6) is 0. The zero-order valence-corrected chi connectivity index (χ0v) is 6.59. The van der Waals surface area contributed by atoms with Crippen molar-refractivity contribution in [3.63, 3.8) is 0 Å². The predicted octanol–water partition coefficient (Wildman–Crippen LogP) is 1.86. The van der Waals surface area contributed by atoms with Gasteiger partial charge in [-0.05, 0) is 0 Å². The summed E-state index contributed by atoms with van der Waals surface area (Å²) in [7, 11) is 0. The number of benzene rings is 1. The second-order valence-electron chi connectivity index (χ2n) is 1.64. The number of hydrogen-bond acceptors (Lipinski definition) is 0. The van der Waals surface area contributed by atoms with Gasteiger partial charge in [0.05, 0.1) is 0 Å². The Morgan fingerprint density at radius 1 is 1.44 bits per heavy atom. The maximum Gasteiger partial charge on any atom is 2.00 e. The van der Waals surface area contributed by atoms with E-state index in [9.17, 15) is 0 Å². The van der Waals surface area contributed by atoms with Crippen molar-refractivity contribution >= 4 is 0 Å². The summed E-state index contributed by atoms with van der Waals surface area (Å²) in [6.45, 7) is 3.72. The number of rotatable bonds is 1. The van der Waals surface area contributed by atoms with E-state index in [2.05, 4.69) is 13.0 Å². The molecule has 1 heteroatoms. The van der Waals surface area contributed by atoms with E-state index in [4.69, 9.17) is 0 Å². The van der Waals surface area contributed by atoms with Crippen LogP contribution in [-0.4, -0.2) is 0 Å². The Morgan fingerprint density at radius 3 is 2.56 bits per heavy atom. The van der Waals surface area contributed by atoms with Crippen molar-refractivity contribution in [2.45, 2.75) is 6.42 Å². The summed E-state index contributed by atoms with van der Waals surface area (Å²) in [6.07, 6.45) is 0.834. The van der Waals surface area contributed by atoms with Gasteiger partial charge in [0.2, 0.25) is 0 Å². The molecule has 1 rings (SSSR count). The molecule has 0 unspecified atom stereocenters. The van der Waals surface area contributed by atoms with Crippen LogP contribution in [0.4, 0.5) is 0 Å². The van der Waals surface area contributed by atoms with E-state index in [-0.39, 0.29) is 20.4 Å². The Hall–Kier alpha value is -0.118. The van der Waals surface area contributed by atoms with Crippen molar-refractivity contribution in [3.8, 4) is 0 Å². The fourth-order valence-electron chi connectivity index (χ4n) is 0.586. The van der Waals surface area contributed by atoms with Crippen molar-refractivity contribution in [3.05, 3.63) is 42.8 Å². The van der Waals surface area contributed by atoms with E-state index in [1.165, 1.54) is 5.56 Å². The Kier molecular flexibility index (Phi) is 4.67. The van der Waals surface area contributed by atoms with Crippen LogP contribution in [0.3, 0.4) is 0 Å². The van der Waals surface area contributed by atoms with Crippen molar-refractivity contribution in [1.82, 2.24) is 0 Å². The first-order valence-electron chi connectivity index (χ1n) is 2.68. The van der Waals surface area contributed by atoms with Crippen LogP contribution >= 0.6 is 0 Å². The maximum atomic E-state index is 3.72.